The SMILES string of the molecule is CCCCCCC(=O)N[C@@H](Cc1ccccc1)C(=O)Nc1nnc(-c2ccc(F)cc2)s1. The molecule has 8 heteroatoms. The van der Waals surface area contributed by atoms with E-state index in [1.54, 1.807) is 12.1 Å². The molecule has 0 aliphatic rings. The maximum absolute atomic E-state index is 13.1. The van der Waals surface area contributed by atoms with Gasteiger partial charge in [-0.05, 0) is 36.2 Å². The normalized spacial score (nSPS) is 11.7. The Labute approximate surface area is 191 Å². The summed E-state index contributed by atoms with van der Waals surface area (Å²) in [5, 5.41) is 14.6. The third-order valence-corrected chi connectivity index (χ3v) is 5.83. The minimum atomic E-state index is -0.728. The third-order valence-electron chi connectivity index (χ3n) is 4.94. The molecule has 0 aliphatic heterocycles. The number of amides is 2. The first-order valence-corrected chi connectivity index (χ1v) is 11.6. The minimum Gasteiger partial charge on any atom is -0.344 e. The van der Waals surface area contributed by atoms with Crippen molar-refractivity contribution in [2.24, 2.45) is 0 Å². The predicted molar refractivity (Wildman–Crippen MR) is 125 cm³/mol. The van der Waals surface area contributed by atoms with Gasteiger partial charge < -0.3 is 5.32 Å². The molecule has 0 radical (unpaired) electrons. The number of hydrogen-bond acceptors (Lipinski definition) is 5. The van der Waals surface area contributed by atoms with Gasteiger partial charge in [0.25, 0.3) is 0 Å². The van der Waals surface area contributed by atoms with Gasteiger partial charge >= 0.3 is 0 Å². The van der Waals surface area contributed by atoms with Gasteiger partial charge in [0, 0.05) is 18.4 Å². The molecule has 0 saturated carbocycles. The van der Waals surface area contributed by atoms with Crippen LogP contribution in [0.15, 0.2) is 54.6 Å². The maximum atomic E-state index is 13.1. The van der Waals surface area contributed by atoms with Crippen molar-refractivity contribution >= 4 is 28.3 Å². The van der Waals surface area contributed by atoms with Gasteiger partial charge in [0.2, 0.25) is 16.9 Å². The Morgan fingerprint density at radius 2 is 1.75 bits per heavy atom. The lowest BCUT2D eigenvalue weighted by atomic mass is 10.0. The fraction of sp³-hybridized carbons (Fsp3) is 0.333. The molecule has 0 fully saturated rings. The van der Waals surface area contributed by atoms with E-state index >= 15 is 0 Å². The lowest BCUT2D eigenvalue weighted by Crippen LogP contribution is -2.45. The molecule has 2 amide bonds. The van der Waals surface area contributed by atoms with E-state index in [2.05, 4.69) is 27.8 Å². The second-order valence-electron chi connectivity index (χ2n) is 7.53. The zero-order valence-corrected chi connectivity index (χ0v) is 18.8. The zero-order chi connectivity index (χ0) is 22.8. The van der Waals surface area contributed by atoms with Crippen molar-refractivity contribution in [1.29, 1.82) is 0 Å². The van der Waals surface area contributed by atoms with E-state index < -0.39 is 6.04 Å². The van der Waals surface area contributed by atoms with Crippen LogP contribution < -0.4 is 10.6 Å². The van der Waals surface area contributed by atoms with Crippen molar-refractivity contribution < 1.29 is 14.0 Å². The van der Waals surface area contributed by atoms with Gasteiger partial charge in [-0.25, -0.2) is 4.39 Å². The highest BCUT2D eigenvalue weighted by molar-refractivity contribution is 7.18. The number of nitrogens with one attached hydrogen (secondary N) is 2. The lowest BCUT2D eigenvalue weighted by molar-refractivity contribution is -0.126. The van der Waals surface area contributed by atoms with Crippen LogP contribution in [0.3, 0.4) is 0 Å². The molecule has 0 bridgehead atoms. The topological polar surface area (TPSA) is 84.0 Å². The average Bonchev–Trinajstić information content (AvgIpc) is 3.26. The third kappa shape index (κ3) is 7.23. The quantitative estimate of drug-likeness (QED) is 0.400. The molecule has 168 valence electrons. The largest absolute Gasteiger partial charge is 0.344 e. The number of unbranched alkanes of at least 4 members (excludes halogenated alkanes) is 3. The molecule has 2 N–H and O–H groups in total. The molecule has 1 aromatic heterocycles. The van der Waals surface area contributed by atoms with E-state index in [-0.39, 0.29) is 17.6 Å². The Bertz CT molecular complexity index is 1010. The first-order valence-electron chi connectivity index (χ1n) is 10.8. The molecule has 6 nitrogen and oxygen atoms in total. The summed E-state index contributed by atoms with van der Waals surface area (Å²) in [7, 11) is 0. The highest BCUT2D eigenvalue weighted by Gasteiger charge is 2.22. The number of nitrogens with zero attached hydrogens (tertiary/aromatic N) is 2. The first kappa shape index (κ1) is 23.5. The second-order valence-corrected chi connectivity index (χ2v) is 8.51. The number of carbonyl (C=O) groups is 2. The number of aromatic nitrogens is 2. The van der Waals surface area contributed by atoms with Gasteiger partial charge in [-0.15, -0.1) is 10.2 Å². The Kier molecular flexibility index (Phi) is 8.86. The van der Waals surface area contributed by atoms with Crippen molar-refractivity contribution in [3.05, 3.63) is 66.0 Å². The molecule has 1 heterocycles. The lowest BCUT2D eigenvalue weighted by Gasteiger charge is -2.18. The Balaban J connectivity index is 1.66. The summed E-state index contributed by atoms with van der Waals surface area (Å²) >= 11 is 1.19. The van der Waals surface area contributed by atoms with Crippen LogP contribution in [0.5, 0.6) is 0 Å². The highest BCUT2D eigenvalue weighted by Crippen LogP contribution is 2.26. The summed E-state index contributed by atoms with van der Waals surface area (Å²) < 4.78 is 13.1. The van der Waals surface area contributed by atoms with Crippen LogP contribution in [0.1, 0.15) is 44.6 Å². The van der Waals surface area contributed by atoms with E-state index in [4.69, 9.17) is 0 Å². The van der Waals surface area contributed by atoms with Crippen LogP contribution in [0.2, 0.25) is 0 Å². The summed E-state index contributed by atoms with van der Waals surface area (Å²) in [6, 6.07) is 14.7. The number of hydrogen-bond donors (Lipinski definition) is 2. The molecule has 0 unspecified atom stereocenters. The Morgan fingerprint density at radius 1 is 1.00 bits per heavy atom. The molecule has 3 aromatic rings. The van der Waals surface area contributed by atoms with E-state index in [0.29, 0.717) is 28.5 Å². The molecule has 2 aromatic carbocycles. The van der Waals surface area contributed by atoms with Crippen LogP contribution >= 0.6 is 11.3 Å². The van der Waals surface area contributed by atoms with Crippen LogP contribution in [-0.4, -0.2) is 28.1 Å². The van der Waals surface area contributed by atoms with E-state index in [1.807, 2.05) is 30.3 Å². The van der Waals surface area contributed by atoms with Crippen LogP contribution in [0, 0.1) is 5.82 Å². The van der Waals surface area contributed by atoms with Crippen molar-refractivity contribution in [3.63, 3.8) is 0 Å². The number of rotatable bonds is 11. The summed E-state index contributed by atoms with van der Waals surface area (Å²) in [6.07, 6.45) is 4.76. The fourth-order valence-corrected chi connectivity index (χ4v) is 3.97. The Hall–Kier alpha value is -3.13. The van der Waals surface area contributed by atoms with Crippen LogP contribution in [0.4, 0.5) is 9.52 Å². The summed E-state index contributed by atoms with van der Waals surface area (Å²) in [5.41, 5.74) is 1.66. The maximum Gasteiger partial charge on any atom is 0.249 e. The van der Waals surface area contributed by atoms with E-state index in [1.165, 1.54) is 23.5 Å². The van der Waals surface area contributed by atoms with Gasteiger partial charge in [0.05, 0.1) is 0 Å². The average molecular weight is 455 g/mol. The molecule has 0 saturated heterocycles. The number of carbonyl (C=O) groups excluding carboxylic acids is 2. The van der Waals surface area contributed by atoms with Crippen molar-refractivity contribution in [3.8, 4) is 10.6 Å². The van der Waals surface area contributed by atoms with Crippen LogP contribution in [-0.2, 0) is 16.0 Å². The molecule has 3 rings (SSSR count). The second kappa shape index (κ2) is 12.0. The number of benzene rings is 2. The van der Waals surface area contributed by atoms with E-state index in [0.717, 1.165) is 31.2 Å². The van der Waals surface area contributed by atoms with Gasteiger partial charge in [-0.2, -0.15) is 0 Å². The van der Waals surface area contributed by atoms with Gasteiger partial charge in [0.1, 0.15) is 16.9 Å². The van der Waals surface area contributed by atoms with Crippen molar-refractivity contribution in [2.75, 3.05) is 5.32 Å². The molecule has 1 atom stereocenters. The van der Waals surface area contributed by atoms with Gasteiger partial charge in [0.15, 0.2) is 0 Å². The highest BCUT2D eigenvalue weighted by atomic mass is 32.1. The summed E-state index contributed by atoms with van der Waals surface area (Å²) in [5.74, 6) is -0.819. The van der Waals surface area contributed by atoms with Crippen molar-refractivity contribution in [1.82, 2.24) is 15.5 Å². The molecule has 0 spiro atoms. The number of anilines is 1. The standard InChI is InChI=1S/C24H27FN4O2S/c1-2-3-4-8-11-21(30)26-20(16-17-9-6-5-7-10-17)22(31)27-24-29-28-23(32-24)18-12-14-19(25)15-13-18/h5-7,9-10,12-15,20H,2-4,8,11,16H2,1H3,(H,26,30)(H,27,29,31)/t20-/m0/s1. The number of halogens is 1. The van der Waals surface area contributed by atoms with Crippen molar-refractivity contribution in [2.45, 2.75) is 51.5 Å². The molecule has 32 heavy (non-hydrogen) atoms. The van der Waals surface area contributed by atoms with Crippen LogP contribution in [0.25, 0.3) is 10.6 Å². The smallest absolute Gasteiger partial charge is 0.249 e. The fourth-order valence-electron chi connectivity index (χ4n) is 3.21. The predicted octanol–water partition coefficient (Wildman–Crippen LogP) is 4.98. The zero-order valence-electron chi connectivity index (χ0n) is 18.0. The monoisotopic (exact) mass is 454 g/mol. The minimum absolute atomic E-state index is 0.138. The Morgan fingerprint density at radius 3 is 2.47 bits per heavy atom. The van der Waals surface area contributed by atoms with Gasteiger partial charge in [-0.1, -0.05) is 67.9 Å². The summed E-state index contributed by atoms with van der Waals surface area (Å²) in [4.78, 5) is 25.4. The molecule has 0 aliphatic carbocycles. The van der Waals surface area contributed by atoms with E-state index in [9.17, 15) is 14.0 Å². The molecular formula is C24H27FN4O2S. The van der Waals surface area contributed by atoms with Gasteiger partial charge in [-0.3, -0.25) is 14.9 Å². The summed E-state index contributed by atoms with van der Waals surface area (Å²) in [6.45, 7) is 2.12. The first-order chi connectivity index (χ1) is 15.5. The molecular weight excluding hydrogens is 427 g/mol.